The third-order valence-corrected chi connectivity index (χ3v) is 16.1. The molecule has 0 spiro atoms. The minimum Gasteiger partial charge on any atom is -0.313 e. The van der Waals surface area contributed by atoms with Gasteiger partial charge in [-0.15, -0.1) is 6.58 Å². The average Bonchev–Trinajstić information content (AvgIpc) is 3.15. The molecular formula is C47H74N2. The number of nitrogens with one attached hydrogen (secondary N) is 2. The Balaban J connectivity index is 1.08. The first-order chi connectivity index (χ1) is 24.0. The van der Waals surface area contributed by atoms with Gasteiger partial charge in [0.1, 0.15) is 0 Å². The largest absolute Gasteiger partial charge is 0.313 e. The molecule has 272 valence electrons. The van der Waals surface area contributed by atoms with Crippen LogP contribution in [-0.2, 0) is 0 Å². The molecule has 2 N–H and O–H groups in total. The summed E-state index contributed by atoms with van der Waals surface area (Å²) in [6.45, 7) is 14.6. The lowest BCUT2D eigenvalue weighted by molar-refractivity contribution is -0.0178. The Labute approximate surface area is 302 Å². The zero-order chi connectivity index (χ0) is 33.7. The second-order valence-corrected chi connectivity index (χ2v) is 18.6. The number of allylic oxidation sites excluding steroid dienone is 6. The van der Waals surface area contributed by atoms with Crippen LogP contribution in [0.2, 0.25) is 0 Å². The van der Waals surface area contributed by atoms with Crippen molar-refractivity contribution in [2.75, 3.05) is 13.1 Å². The molecule has 0 aromatic rings. The Morgan fingerprint density at radius 1 is 0.837 bits per heavy atom. The van der Waals surface area contributed by atoms with E-state index in [1.165, 1.54) is 116 Å². The lowest BCUT2D eigenvalue weighted by atomic mass is 9.52. The van der Waals surface area contributed by atoms with Crippen LogP contribution in [0.25, 0.3) is 0 Å². The van der Waals surface area contributed by atoms with Gasteiger partial charge in [0.05, 0.1) is 0 Å². The van der Waals surface area contributed by atoms with E-state index >= 15 is 0 Å². The van der Waals surface area contributed by atoms with Crippen LogP contribution in [0.1, 0.15) is 136 Å². The molecule has 7 aliphatic rings. The molecule has 7 rings (SSSR count). The van der Waals surface area contributed by atoms with Crippen molar-refractivity contribution < 1.29 is 0 Å². The van der Waals surface area contributed by atoms with Gasteiger partial charge in [0.2, 0.25) is 0 Å². The highest BCUT2D eigenvalue weighted by atomic mass is 15.0. The van der Waals surface area contributed by atoms with E-state index in [1.54, 1.807) is 11.1 Å². The Bertz CT molecular complexity index is 1210. The zero-order valence-corrected chi connectivity index (χ0v) is 32.0. The Hall–Kier alpha value is -1.38. The SMILES string of the molecule is C=CC(C1C=CCNC1)C1CCCCC1C(C)C(C)CCC(C(C)NC1CCC2=C(C=CCC2)C1)C1CC2CCC=CC2C2CCCCC21. The molecule has 3 saturated carbocycles. The van der Waals surface area contributed by atoms with Crippen LogP contribution < -0.4 is 10.6 Å². The third kappa shape index (κ3) is 8.16. The average molecular weight is 667 g/mol. The second-order valence-electron chi connectivity index (χ2n) is 18.6. The fourth-order valence-electron chi connectivity index (χ4n) is 13.4. The van der Waals surface area contributed by atoms with Gasteiger partial charge < -0.3 is 10.6 Å². The predicted molar refractivity (Wildman–Crippen MR) is 210 cm³/mol. The third-order valence-electron chi connectivity index (χ3n) is 16.1. The summed E-state index contributed by atoms with van der Waals surface area (Å²) in [6.07, 6.45) is 42.7. The Morgan fingerprint density at radius 2 is 1.65 bits per heavy atom. The summed E-state index contributed by atoms with van der Waals surface area (Å²) in [5, 5.41) is 8.05. The van der Waals surface area contributed by atoms with Crippen molar-refractivity contribution in [1.29, 1.82) is 0 Å². The van der Waals surface area contributed by atoms with Gasteiger partial charge in [-0.05, 0) is 167 Å². The van der Waals surface area contributed by atoms with Crippen molar-refractivity contribution in [2.45, 2.75) is 148 Å². The first-order valence-electron chi connectivity index (χ1n) is 21.8. The number of fused-ring (bicyclic) bond motifs is 3. The van der Waals surface area contributed by atoms with E-state index in [-0.39, 0.29) is 0 Å². The standard InChI is InChI=1S/C47H74N2/c1-5-40(38-18-14-28-48-31-38)44-21-11-10-19-41(44)33(3)32(2)24-27-42(34(4)49-39-26-25-35-15-6-7-16-36(35)29-39)47-30-37-17-8-9-20-43(37)45-22-12-13-23-46(45)47/h5,7,9,14,16,18,20,32-34,37-49H,1,6,8,10-13,15,17,19,21-31H2,2-4H3. The highest BCUT2D eigenvalue weighted by molar-refractivity contribution is 5.32. The van der Waals surface area contributed by atoms with E-state index in [0.29, 0.717) is 23.9 Å². The van der Waals surface area contributed by atoms with E-state index in [9.17, 15) is 0 Å². The Morgan fingerprint density at radius 3 is 2.47 bits per heavy atom. The van der Waals surface area contributed by atoms with Gasteiger partial charge in [-0.3, -0.25) is 0 Å². The van der Waals surface area contributed by atoms with Crippen molar-refractivity contribution in [3.05, 3.63) is 60.3 Å². The molecule has 6 aliphatic carbocycles. The van der Waals surface area contributed by atoms with Crippen LogP contribution in [0.5, 0.6) is 0 Å². The van der Waals surface area contributed by atoms with Crippen molar-refractivity contribution >= 4 is 0 Å². The van der Waals surface area contributed by atoms with Gasteiger partial charge in [0, 0.05) is 25.2 Å². The molecule has 2 nitrogen and oxygen atoms in total. The van der Waals surface area contributed by atoms with Gasteiger partial charge in [-0.25, -0.2) is 0 Å². The van der Waals surface area contributed by atoms with E-state index < -0.39 is 0 Å². The zero-order valence-electron chi connectivity index (χ0n) is 32.0. The molecule has 1 heterocycles. The fraction of sp³-hybridized carbons (Fsp3) is 0.787. The van der Waals surface area contributed by atoms with Gasteiger partial charge in [-0.1, -0.05) is 94.1 Å². The van der Waals surface area contributed by atoms with E-state index in [4.69, 9.17) is 0 Å². The highest BCUT2D eigenvalue weighted by Crippen LogP contribution is 2.55. The molecule has 0 aromatic heterocycles. The van der Waals surface area contributed by atoms with Crippen LogP contribution in [0.4, 0.5) is 0 Å². The van der Waals surface area contributed by atoms with E-state index in [2.05, 4.69) is 80.5 Å². The number of hydrogen-bond acceptors (Lipinski definition) is 2. The molecule has 49 heavy (non-hydrogen) atoms. The molecule has 3 fully saturated rings. The summed E-state index contributed by atoms with van der Waals surface area (Å²) in [5.41, 5.74) is 3.46. The highest BCUT2D eigenvalue weighted by Gasteiger charge is 2.48. The van der Waals surface area contributed by atoms with Crippen LogP contribution in [0.15, 0.2) is 60.3 Å². The molecule has 0 aromatic carbocycles. The molecule has 0 bridgehead atoms. The van der Waals surface area contributed by atoms with Crippen molar-refractivity contribution in [1.82, 2.24) is 10.6 Å². The van der Waals surface area contributed by atoms with Crippen LogP contribution in [-0.4, -0.2) is 25.2 Å². The monoisotopic (exact) mass is 667 g/mol. The molecule has 0 radical (unpaired) electrons. The van der Waals surface area contributed by atoms with Gasteiger partial charge in [-0.2, -0.15) is 0 Å². The molecule has 14 unspecified atom stereocenters. The molecular weight excluding hydrogens is 593 g/mol. The first-order valence-corrected chi connectivity index (χ1v) is 21.8. The quantitative estimate of drug-likeness (QED) is 0.203. The predicted octanol–water partition coefficient (Wildman–Crippen LogP) is 11.6. The van der Waals surface area contributed by atoms with Crippen molar-refractivity contribution in [3.63, 3.8) is 0 Å². The summed E-state index contributed by atoms with van der Waals surface area (Å²) in [7, 11) is 0. The maximum Gasteiger partial charge on any atom is 0.0135 e. The van der Waals surface area contributed by atoms with Crippen LogP contribution in [0, 0.1) is 71.0 Å². The van der Waals surface area contributed by atoms with E-state index in [1.807, 2.05) is 0 Å². The minimum atomic E-state index is 0.614. The normalized spacial score (nSPS) is 39.2. The number of hydrogen-bond donors (Lipinski definition) is 2. The molecule has 2 heteroatoms. The van der Waals surface area contributed by atoms with Crippen molar-refractivity contribution in [3.8, 4) is 0 Å². The fourth-order valence-corrected chi connectivity index (χ4v) is 13.4. The molecule has 1 aliphatic heterocycles. The first kappa shape index (κ1) is 36.0. The molecule has 14 atom stereocenters. The summed E-state index contributed by atoms with van der Waals surface area (Å²) in [5.74, 6) is 9.92. The van der Waals surface area contributed by atoms with Gasteiger partial charge >= 0.3 is 0 Å². The van der Waals surface area contributed by atoms with Crippen LogP contribution in [0.3, 0.4) is 0 Å². The molecule has 0 saturated heterocycles. The lowest BCUT2D eigenvalue weighted by Crippen LogP contribution is -2.50. The Kier molecular flexibility index (Phi) is 12.5. The topological polar surface area (TPSA) is 24.1 Å². The maximum absolute atomic E-state index is 4.43. The summed E-state index contributed by atoms with van der Waals surface area (Å²) >= 11 is 0. The van der Waals surface area contributed by atoms with E-state index in [0.717, 1.165) is 72.3 Å². The van der Waals surface area contributed by atoms with Gasteiger partial charge in [0.15, 0.2) is 0 Å². The van der Waals surface area contributed by atoms with Crippen LogP contribution >= 0.6 is 0 Å². The summed E-state index contributed by atoms with van der Waals surface area (Å²) < 4.78 is 0. The molecule has 0 amide bonds. The van der Waals surface area contributed by atoms with Gasteiger partial charge in [0.25, 0.3) is 0 Å². The summed E-state index contributed by atoms with van der Waals surface area (Å²) in [4.78, 5) is 0. The van der Waals surface area contributed by atoms with Crippen molar-refractivity contribution in [2.24, 2.45) is 71.0 Å². The lowest BCUT2D eigenvalue weighted by Gasteiger charge is -2.53. The second kappa shape index (κ2) is 17.0. The maximum atomic E-state index is 4.43. The summed E-state index contributed by atoms with van der Waals surface area (Å²) in [6, 6.07) is 1.28. The smallest absolute Gasteiger partial charge is 0.0135 e. The minimum absolute atomic E-state index is 0.614. The number of rotatable bonds is 12.